The number of pyridine rings is 1. The van der Waals surface area contributed by atoms with Gasteiger partial charge in [-0.25, -0.2) is 4.79 Å². The average molecular weight is 373 g/mol. The first-order valence-corrected chi connectivity index (χ1v) is 8.75. The van der Waals surface area contributed by atoms with E-state index in [0.29, 0.717) is 18.4 Å². The third-order valence-corrected chi connectivity index (χ3v) is 4.58. The van der Waals surface area contributed by atoms with Crippen molar-refractivity contribution >= 4 is 22.7 Å². The van der Waals surface area contributed by atoms with Gasteiger partial charge in [-0.15, -0.1) is 0 Å². The number of carbonyl (C=O) groups is 1. The molecule has 9 nitrogen and oxygen atoms in total. The van der Waals surface area contributed by atoms with Crippen LogP contribution >= 0.6 is 0 Å². The van der Waals surface area contributed by atoms with E-state index >= 15 is 0 Å². The Balaban J connectivity index is 1.92. The maximum absolute atomic E-state index is 12.3. The molecular formula is C18H23N5O4. The van der Waals surface area contributed by atoms with Crippen molar-refractivity contribution in [2.45, 2.75) is 57.3 Å². The molecule has 3 rings (SSSR count). The molecule has 0 saturated carbocycles. The van der Waals surface area contributed by atoms with Crippen molar-refractivity contribution in [3.63, 3.8) is 0 Å². The number of hydrogen-bond acceptors (Lipinski definition) is 7. The number of nitrogens with zero attached hydrogens (tertiary/aromatic N) is 3. The summed E-state index contributed by atoms with van der Waals surface area (Å²) in [6.45, 7) is 5.48. The number of nitrogens with one attached hydrogen (secondary N) is 1. The van der Waals surface area contributed by atoms with Crippen LogP contribution in [0, 0.1) is 11.3 Å². The highest BCUT2D eigenvalue weighted by Crippen LogP contribution is 2.36. The second-order valence-electron chi connectivity index (χ2n) is 7.80. The summed E-state index contributed by atoms with van der Waals surface area (Å²) in [7, 11) is 0. The third-order valence-electron chi connectivity index (χ3n) is 4.58. The summed E-state index contributed by atoms with van der Waals surface area (Å²) in [5.41, 5.74) is 4.72. The van der Waals surface area contributed by atoms with Gasteiger partial charge in [0.05, 0.1) is 30.2 Å². The van der Waals surface area contributed by atoms with Crippen molar-refractivity contribution in [2.75, 3.05) is 12.3 Å². The number of carbonyl (C=O) groups excluding carboxylic acids is 1. The lowest BCUT2D eigenvalue weighted by Crippen LogP contribution is -2.47. The SMILES string of the molecule is CC(C)(C)OC(=O)[C@@H]1CC[C@@](CC#N)(n2nc(N)c3c(=O)[nH]ccc32)CO1. The van der Waals surface area contributed by atoms with Gasteiger partial charge >= 0.3 is 5.97 Å². The van der Waals surface area contributed by atoms with E-state index in [1.165, 1.54) is 6.20 Å². The predicted molar refractivity (Wildman–Crippen MR) is 97.8 cm³/mol. The Hall–Kier alpha value is -2.86. The quantitative estimate of drug-likeness (QED) is 0.777. The van der Waals surface area contributed by atoms with Crippen LogP contribution in [0.15, 0.2) is 17.1 Å². The van der Waals surface area contributed by atoms with Crippen LogP contribution in [0.2, 0.25) is 0 Å². The number of H-pyrrole nitrogens is 1. The van der Waals surface area contributed by atoms with Crippen LogP contribution in [-0.2, 0) is 19.8 Å². The van der Waals surface area contributed by atoms with E-state index in [1.807, 2.05) is 0 Å². The lowest BCUT2D eigenvalue weighted by Gasteiger charge is -2.39. The van der Waals surface area contributed by atoms with Gasteiger partial charge in [0, 0.05) is 6.20 Å². The van der Waals surface area contributed by atoms with Crippen LogP contribution in [0.25, 0.3) is 10.9 Å². The molecule has 0 unspecified atom stereocenters. The molecule has 9 heteroatoms. The number of nitrogen functional groups attached to an aromatic ring is 1. The van der Waals surface area contributed by atoms with E-state index in [1.54, 1.807) is 31.5 Å². The number of ether oxygens (including phenoxy) is 2. The molecule has 0 spiro atoms. The molecule has 144 valence electrons. The fourth-order valence-corrected chi connectivity index (χ4v) is 3.36. The van der Waals surface area contributed by atoms with Crippen molar-refractivity contribution < 1.29 is 14.3 Å². The molecule has 1 saturated heterocycles. The van der Waals surface area contributed by atoms with E-state index in [-0.39, 0.29) is 29.8 Å². The maximum Gasteiger partial charge on any atom is 0.335 e. The van der Waals surface area contributed by atoms with E-state index in [2.05, 4.69) is 16.2 Å². The number of anilines is 1. The van der Waals surface area contributed by atoms with Crippen molar-refractivity contribution in [1.29, 1.82) is 5.26 Å². The Morgan fingerprint density at radius 3 is 2.93 bits per heavy atom. The zero-order chi connectivity index (χ0) is 19.8. The lowest BCUT2D eigenvalue weighted by atomic mass is 9.87. The molecule has 1 fully saturated rings. The van der Waals surface area contributed by atoms with Crippen LogP contribution in [0.3, 0.4) is 0 Å². The molecular weight excluding hydrogens is 350 g/mol. The van der Waals surface area contributed by atoms with E-state index in [9.17, 15) is 14.9 Å². The highest BCUT2D eigenvalue weighted by Gasteiger charge is 2.43. The second kappa shape index (κ2) is 6.70. The van der Waals surface area contributed by atoms with Gasteiger partial charge in [-0.3, -0.25) is 9.48 Å². The van der Waals surface area contributed by atoms with Crippen LogP contribution in [-0.4, -0.2) is 39.0 Å². The topological polar surface area (TPSA) is 136 Å². The van der Waals surface area contributed by atoms with E-state index in [4.69, 9.17) is 15.2 Å². The van der Waals surface area contributed by atoms with Gasteiger partial charge in [0.25, 0.3) is 5.56 Å². The van der Waals surface area contributed by atoms with Gasteiger partial charge in [0.15, 0.2) is 11.9 Å². The minimum absolute atomic E-state index is 0.0908. The molecule has 0 amide bonds. The Labute approximate surface area is 156 Å². The molecule has 1 aliphatic heterocycles. The van der Waals surface area contributed by atoms with Crippen molar-refractivity contribution in [2.24, 2.45) is 0 Å². The zero-order valence-corrected chi connectivity index (χ0v) is 15.6. The number of aromatic amines is 1. The van der Waals surface area contributed by atoms with Crippen molar-refractivity contribution in [3.8, 4) is 6.07 Å². The third kappa shape index (κ3) is 3.53. The summed E-state index contributed by atoms with van der Waals surface area (Å²) in [4.78, 5) is 26.9. The lowest BCUT2D eigenvalue weighted by molar-refractivity contribution is -0.176. The Kier molecular flexibility index (Phi) is 4.70. The maximum atomic E-state index is 12.3. The summed E-state index contributed by atoms with van der Waals surface area (Å²) in [6, 6.07) is 3.86. The summed E-state index contributed by atoms with van der Waals surface area (Å²) in [5.74, 6) is -0.326. The smallest absolute Gasteiger partial charge is 0.335 e. The first-order chi connectivity index (χ1) is 12.7. The van der Waals surface area contributed by atoms with Crippen molar-refractivity contribution in [1.82, 2.24) is 14.8 Å². The Morgan fingerprint density at radius 2 is 2.33 bits per heavy atom. The molecule has 0 aromatic carbocycles. The molecule has 0 aliphatic carbocycles. The fourth-order valence-electron chi connectivity index (χ4n) is 3.36. The Bertz CT molecular complexity index is 955. The summed E-state index contributed by atoms with van der Waals surface area (Å²) in [6.07, 6.45) is 1.76. The number of nitriles is 1. The standard InChI is InChI=1S/C18H23N5O4/c1-17(2,3)27-16(25)12-4-6-18(7-8-19,10-26-12)23-11-5-9-21-15(24)13(11)14(20)22-23/h5,9,12H,4,6-7,10H2,1-3H3,(H2,20,22)(H,21,24)/t12-,18-/m0/s1. The average Bonchev–Trinajstić information content (AvgIpc) is 2.93. The van der Waals surface area contributed by atoms with E-state index < -0.39 is 23.2 Å². The number of fused-ring (bicyclic) bond motifs is 1. The molecule has 0 bridgehead atoms. The number of hydrogen-bond donors (Lipinski definition) is 2. The fraction of sp³-hybridized carbons (Fsp3) is 0.556. The molecule has 0 radical (unpaired) electrons. The number of aromatic nitrogens is 3. The first-order valence-electron chi connectivity index (χ1n) is 8.75. The number of nitrogens with two attached hydrogens (primary N) is 1. The molecule has 2 aromatic rings. The first kappa shape index (κ1) is 18.9. The summed E-state index contributed by atoms with van der Waals surface area (Å²) >= 11 is 0. The van der Waals surface area contributed by atoms with Crippen LogP contribution in [0.5, 0.6) is 0 Å². The van der Waals surface area contributed by atoms with E-state index in [0.717, 1.165) is 0 Å². The molecule has 3 heterocycles. The number of esters is 1. The van der Waals surface area contributed by atoms with Crippen LogP contribution in [0.1, 0.15) is 40.0 Å². The zero-order valence-electron chi connectivity index (χ0n) is 15.6. The number of rotatable bonds is 3. The Morgan fingerprint density at radius 1 is 1.59 bits per heavy atom. The van der Waals surface area contributed by atoms with Gasteiger partial charge in [-0.1, -0.05) is 0 Å². The van der Waals surface area contributed by atoms with Gasteiger partial charge in [-0.2, -0.15) is 10.4 Å². The molecule has 27 heavy (non-hydrogen) atoms. The second-order valence-corrected chi connectivity index (χ2v) is 7.80. The highest BCUT2D eigenvalue weighted by molar-refractivity contribution is 5.88. The van der Waals surface area contributed by atoms with Crippen molar-refractivity contribution in [3.05, 3.63) is 22.6 Å². The van der Waals surface area contributed by atoms with Gasteiger partial charge in [0.2, 0.25) is 0 Å². The normalized spacial score (nSPS) is 23.1. The summed E-state index contributed by atoms with van der Waals surface area (Å²) in [5, 5.41) is 14.0. The van der Waals surface area contributed by atoms with Crippen LogP contribution < -0.4 is 11.3 Å². The molecule has 2 aromatic heterocycles. The highest BCUT2D eigenvalue weighted by atomic mass is 16.6. The monoisotopic (exact) mass is 373 g/mol. The minimum atomic E-state index is -0.809. The van der Waals surface area contributed by atoms with Crippen LogP contribution in [0.4, 0.5) is 5.82 Å². The minimum Gasteiger partial charge on any atom is -0.458 e. The predicted octanol–water partition coefficient (Wildman–Crippen LogP) is 1.44. The summed E-state index contributed by atoms with van der Waals surface area (Å²) < 4.78 is 12.8. The molecule has 3 N–H and O–H groups in total. The van der Waals surface area contributed by atoms with Gasteiger partial charge in [-0.05, 0) is 39.7 Å². The van der Waals surface area contributed by atoms with Gasteiger partial charge < -0.3 is 20.2 Å². The largest absolute Gasteiger partial charge is 0.458 e. The molecule has 2 atom stereocenters. The van der Waals surface area contributed by atoms with Gasteiger partial charge in [0.1, 0.15) is 11.0 Å². The molecule has 1 aliphatic rings.